The molecule has 0 spiro atoms. The summed E-state index contributed by atoms with van der Waals surface area (Å²) in [6, 6.07) is 3.94. The minimum Gasteiger partial charge on any atom is -0.397 e. The number of fused-ring (bicyclic) bond motifs is 1. The molecule has 1 amide bonds. The predicted octanol–water partition coefficient (Wildman–Crippen LogP) is 1.50. The van der Waals surface area contributed by atoms with Gasteiger partial charge in [0.25, 0.3) is 0 Å². The number of carbonyl (C=O) groups excluding carboxylic acids is 1. The van der Waals surface area contributed by atoms with Crippen molar-refractivity contribution < 1.29 is 9.90 Å². The molecule has 0 saturated carbocycles. The molecule has 2 heterocycles. The molecule has 2 aliphatic heterocycles. The largest absolute Gasteiger partial charge is 0.397 e. The van der Waals surface area contributed by atoms with Gasteiger partial charge in [0.05, 0.1) is 17.0 Å². The van der Waals surface area contributed by atoms with Crippen molar-refractivity contribution in [1.29, 1.82) is 0 Å². The molecule has 0 aromatic heterocycles. The molecule has 0 bridgehead atoms. The van der Waals surface area contributed by atoms with Crippen LogP contribution in [0.2, 0.25) is 0 Å². The zero-order valence-electron chi connectivity index (χ0n) is 11.8. The summed E-state index contributed by atoms with van der Waals surface area (Å²) >= 11 is 0. The molecule has 1 aromatic carbocycles. The lowest BCUT2D eigenvalue weighted by molar-refractivity contribution is -0.116. The van der Waals surface area contributed by atoms with E-state index in [1.165, 1.54) is 0 Å². The first-order chi connectivity index (χ1) is 9.44. The Morgan fingerprint density at radius 1 is 1.30 bits per heavy atom. The van der Waals surface area contributed by atoms with Gasteiger partial charge in [0, 0.05) is 25.2 Å². The van der Waals surface area contributed by atoms with Gasteiger partial charge in [-0.1, -0.05) is 0 Å². The molecule has 0 aliphatic carbocycles. The molecule has 5 heteroatoms. The fourth-order valence-corrected chi connectivity index (χ4v) is 2.94. The lowest BCUT2D eigenvalue weighted by Crippen LogP contribution is -2.42. The van der Waals surface area contributed by atoms with E-state index in [2.05, 4.69) is 10.2 Å². The minimum absolute atomic E-state index is 0.0646. The topological polar surface area (TPSA) is 78.6 Å². The molecular formula is C15H21N3O2. The molecule has 1 aromatic rings. The van der Waals surface area contributed by atoms with Gasteiger partial charge in [0.1, 0.15) is 0 Å². The van der Waals surface area contributed by atoms with Crippen LogP contribution in [0.5, 0.6) is 0 Å². The molecule has 5 nitrogen and oxygen atoms in total. The highest BCUT2D eigenvalue weighted by molar-refractivity contribution is 5.95. The third-order valence-corrected chi connectivity index (χ3v) is 4.33. The number of amides is 1. The standard InChI is InChI=1S/C15H21N3O2/c1-15(20)4-6-18(7-5-15)13-9-12-10(8-11(13)16)2-3-14(19)17-12/h8-9,20H,2-7,16H2,1H3,(H,17,19). The molecule has 108 valence electrons. The molecule has 3 rings (SSSR count). The Kier molecular flexibility index (Phi) is 3.09. The first kappa shape index (κ1) is 13.2. The van der Waals surface area contributed by atoms with Crippen LogP contribution >= 0.6 is 0 Å². The Morgan fingerprint density at radius 2 is 2.00 bits per heavy atom. The number of anilines is 3. The Morgan fingerprint density at radius 3 is 2.70 bits per heavy atom. The summed E-state index contributed by atoms with van der Waals surface area (Å²) in [7, 11) is 0. The van der Waals surface area contributed by atoms with Gasteiger partial charge < -0.3 is 21.1 Å². The maximum absolute atomic E-state index is 11.5. The summed E-state index contributed by atoms with van der Waals surface area (Å²) in [5.74, 6) is 0.0646. The number of nitrogens with one attached hydrogen (secondary N) is 1. The second-order valence-electron chi connectivity index (χ2n) is 6.10. The number of benzene rings is 1. The van der Waals surface area contributed by atoms with E-state index in [9.17, 15) is 9.90 Å². The van der Waals surface area contributed by atoms with Crippen LogP contribution in [0.4, 0.5) is 17.1 Å². The van der Waals surface area contributed by atoms with E-state index in [1.807, 2.05) is 19.1 Å². The van der Waals surface area contributed by atoms with Gasteiger partial charge >= 0.3 is 0 Å². The number of aryl methyl sites for hydroxylation is 1. The lowest BCUT2D eigenvalue weighted by Gasteiger charge is -2.38. The molecule has 0 atom stereocenters. The first-order valence-corrected chi connectivity index (χ1v) is 7.14. The summed E-state index contributed by atoms with van der Waals surface area (Å²) in [6.07, 6.45) is 2.74. The van der Waals surface area contributed by atoms with Crippen LogP contribution in [0.1, 0.15) is 31.7 Å². The van der Waals surface area contributed by atoms with E-state index in [0.717, 1.165) is 55.0 Å². The fourth-order valence-electron chi connectivity index (χ4n) is 2.94. The van der Waals surface area contributed by atoms with Crippen LogP contribution in [0, 0.1) is 0 Å². The summed E-state index contributed by atoms with van der Waals surface area (Å²) in [5.41, 5.74) is 9.28. The second-order valence-corrected chi connectivity index (χ2v) is 6.10. The van der Waals surface area contributed by atoms with Crippen molar-refractivity contribution in [2.45, 2.75) is 38.2 Å². The zero-order chi connectivity index (χ0) is 14.3. The number of nitrogens with zero attached hydrogens (tertiary/aromatic N) is 1. The van der Waals surface area contributed by atoms with Crippen LogP contribution in [0.25, 0.3) is 0 Å². The number of aliphatic hydroxyl groups is 1. The average molecular weight is 275 g/mol. The van der Waals surface area contributed by atoms with E-state index in [-0.39, 0.29) is 5.91 Å². The van der Waals surface area contributed by atoms with Crippen molar-refractivity contribution in [3.8, 4) is 0 Å². The quantitative estimate of drug-likeness (QED) is 0.679. The molecule has 1 saturated heterocycles. The number of carbonyl (C=O) groups is 1. The van der Waals surface area contributed by atoms with Gasteiger partial charge in [0.2, 0.25) is 5.91 Å². The van der Waals surface area contributed by atoms with E-state index >= 15 is 0 Å². The van der Waals surface area contributed by atoms with Crippen molar-refractivity contribution in [2.75, 3.05) is 29.0 Å². The Bertz CT molecular complexity index is 544. The number of nitrogens with two attached hydrogens (primary N) is 1. The molecule has 4 N–H and O–H groups in total. The summed E-state index contributed by atoms with van der Waals surface area (Å²) in [4.78, 5) is 13.7. The van der Waals surface area contributed by atoms with Crippen LogP contribution in [-0.4, -0.2) is 29.7 Å². The van der Waals surface area contributed by atoms with Crippen LogP contribution in [0.3, 0.4) is 0 Å². The predicted molar refractivity (Wildman–Crippen MR) is 79.9 cm³/mol. The van der Waals surface area contributed by atoms with Gasteiger partial charge in [0.15, 0.2) is 0 Å². The van der Waals surface area contributed by atoms with Crippen LogP contribution < -0.4 is 16.0 Å². The van der Waals surface area contributed by atoms with Gasteiger partial charge in [-0.3, -0.25) is 4.79 Å². The first-order valence-electron chi connectivity index (χ1n) is 7.14. The molecule has 1 fully saturated rings. The van der Waals surface area contributed by atoms with Gasteiger partial charge in [-0.15, -0.1) is 0 Å². The smallest absolute Gasteiger partial charge is 0.224 e. The number of hydrogen-bond acceptors (Lipinski definition) is 4. The second kappa shape index (κ2) is 4.66. The van der Waals surface area contributed by atoms with Crippen molar-refractivity contribution in [3.63, 3.8) is 0 Å². The van der Waals surface area contributed by atoms with E-state index < -0.39 is 5.60 Å². The number of nitrogen functional groups attached to an aromatic ring is 1. The molecule has 0 radical (unpaired) electrons. The Balaban J connectivity index is 1.87. The summed E-state index contributed by atoms with van der Waals surface area (Å²) < 4.78 is 0. The summed E-state index contributed by atoms with van der Waals surface area (Å²) in [5, 5.41) is 12.9. The minimum atomic E-state index is -0.576. The highest BCUT2D eigenvalue weighted by Gasteiger charge is 2.28. The van der Waals surface area contributed by atoms with Crippen molar-refractivity contribution >= 4 is 23.0 Å². The third-order valence-electron chi connectivity index (χ3n) is 4.33. The van der Waals surface area contributed by atoms with Gasteiger partial charge in [-0.25, -0.2) is 0 Å². The molecular weight excluding hydrogens is 254 g/mol. The maximum Gasteiger partial charge on any atom is 0.224 e. The van der Waals surface area contributed by atoms with Crippen molar-refractivity contribution in [2.24, 2.45) is 0 Å². The Labute approximate surface area is 118 Å². The normalized spacial score (nSPS) is 21.3. The van der Waals surface area contributed by atoms with E-state index in [4.69, 9.17) is 5.73 Å². The summed E-state index contributed by atoms with van der Waals surface area (Å²) in [6.45, 7) is 3.44. The van der Waals surface area contributed by atoms with Crippen molar-refractivity contribution in [3.05, 3.63) is 17.7 Å². The molecule has 2 aliphatic rings. The highest BCUT2D eigenvalue weighted by Crippen LogP contribution is 2.35. The van der Waals surface area contributed by atoms with Crippen LogP contribution in [-0.2, 0) is 11.2 Å². The number of rotatable bonds is 1. The third kappa shape index (κ3) is 2.45. The zero-order valence-corrected chi connectivity index (χ0v) is 11.8. The SMILES string of the molecule is CC1(O)CCN(c2cc3c(cc2N)CCC(=O)N3)CC1. The molecule has 20 heavy (non-hydrogen) atoms. The van der Waals surface area contributed by atoms with E-state index in [1.54, 1.807) is 0 Å². The monoisotopic (exact) mass is 275 g/mol. The highest BCUT2D eigenvalue weighted by atomic mass is 16.3. The van der Waals surface area contributed by atoms with Gasteiger partial charge in [-0.05, 0) is 43.9 Å². The number of hydrogen-bond donors (Lipinski definition) is 3. The maximum atomic E-state index is 11.5. The van der Waals surface area contributed by atoms with E-state index in [0.29, 0.717) is 6.42 Å². The van der Waals surface area contributed by atoms with Gasteiger partial charge in [-0.2, -0.15) is 0 Å². The Hall–Kier alpha value is -1.75. The van der Waals surface area contributed by atoms with Crippen molar-refractivity contribution in [1.82, 2.24) is 0 Å². The average Bonchev–Trinajstić information content (AvgIpc) is 2.39. The molecule has 0 unspecified atom stereocenters. The fraction of sp³-hybridized carbons (Fsp3) is 0.533. The van der Waals surface area contributed by atoms with Crippen LogP contribution in [0.15, 0.2) is 12.1 Å². The number of piperidine rings is 1. The lowest BCUT2D eigenvalue weighted by atomic mass is 9.93.